The van der Waals surface area contributed by atoms with Crippen LogP contribution in [0.15, 0.2) is 52.4 Å². The first-order valence-electron chi connectivity index (χ1n) is 9.39. The highest BCUT2D eigenvalue weighted by atomic mass is 32.2. The number of aryl methyl sites for hydroxylation is 2. The van der Waals surface area contributed by atoms with Crippen LogP contribution in [0.5, 0.6) is 5.75 Å². The SMILES string of the molecule is COc1cc(/C=C2/SC(=Nc3ccc(C)cc3)N(CC(C)C)C2=O)ccc1C. The molecule has 4 nitrogen and oxygen atoms in total. The summed E-state index contributed by atoms with van der Waals surface area (Å²) < 4.78 is 5.41. The van der Waals surface area contributed by atoms with Crippen LogP contribution in [-0.4, -0.2) is 29.6 Å². The van der Waals surface area contributed by atoms with E-state index < -0.39 is 0 Å². The normalized spacial score (nSPS) is 17.2. The number of carbonyl (C=O) groups excluding carboxylic acids is 1. The lowest BCUT2D eigenvalue weighted by atomic mass is 10.1. The Morgan fingerprint density at radius 2 is 1.86 bits per heavy atom. The standard InChI is InChI=1S/C23H26N2O2S/c1-15(2)14-25-22(26)21(13-18-9-8-17(4)20(12-18)27-5)28-23(25)24-19-10-6-16(3)7-11-19/h6-13,15H,14H2,1-5H3/b21-13+,24-23?. The molecule has 2 aromatic carbocycles. The summed E-state index contributed by atoms with van der Waals surface area (Å²) in [6, 6.07) is 14.0. The molecule has 3 rings (SSSR count). The Balaban J connectivity index is 1.95. The summed E-state index contributed by atoms with van der Waals surface area (Å²) in [5.41, 5.74) is 4.05. The van der Waals surface area contributed by atoms with Gasteiger partial charge < -0.3 is 4.74 Å². The van der Waals surface area contributed by atoms with Crippen molar-refractivity contribution in [2.45, 2.75) is 27.7 Å². The summed E-state index contributed by atoms with van der Waals surface area (Å²) in [5.74, 6) is 1.17. The predicted molar refractivity (Wildman–Crippen MR) is 118 cm³/mol. The second-order valence-electron chi connectivity index (χ2n) is 7.38. The minimum Gasteiger partial charge on any atom is -0.496 e. The zero-order valence-corrected chi connectivity index (χ0v) is 17.8. The van der Waals surface area contributed by atoms with E-state index in [-0.39, 0.29) is 5.91 Å². The molecule has 0 radical (unpaired) electrons. The molecule has 0 saturated carbocycles. The number of hydrogen-bond donors (Lipinski definition) is 0. The van der Waals surface area contributed by atoms with Crippen LogP contribution >= 0.6 is 11.8 Å². The topological polar surface area (TPSA) is 41.9 Å². The molecule has 1 aliphatic heterocycles. The van der Waals surface area contributed by atoms with Gasteiger partial charge in [-0.3, -0.25) is 9.69 Å². The highest BCUT2D eigenvalue weighted by molar-refractivity contribution is 8.18. The third kappa shape index (κ3) is 4.65. The molecule has 28 heavy (non-hydrogen) atoms. The van der Waals surface area contributed by atoms with Crippen molar-refractivity contribution in [2.75, 3.05) is 13.7 Å². The van der Waals surface area contributed by atoms with Crippen molar-refractivity contribution in [3.05, 3.63) is 64.1 Å². The number of hydrogen-bond acceptors (Lipinski definition) is 4. The maximum Gasteiger partial charge on any atom is 0.266 e. The fourth-order valence-corrected chi connectivity index (χ4v) is 3.93. The van der Waals surface area contributed by atoms with E-state index in [2.05, 4.69) is 13.8 Å². The Hall–Kier alpha value is -2.53. The molecule has 2 aromatic rings. The van der Waals surface area contributed by atoms with Crippen LogP contribution in [0.25, 0.3) is 6.08 Å². The number of ether oxygens (including phenoxy) is 1. The van der Waals surface area contributed by atoms with Gasteiger partial charge in [0.15, 0.2) is 5.17 Å². The lowest BCUT2D eigenvalue weighted by Gasteiger charge is -2.17. The van der Waals surface area contributed by atoms with Crippen LogP contribution in [0, 0.1) is 19.8 Å². The molecule has 1 aliphatic rings. The van der Waals surface area contributed by atoms with Crippen LogP contribution in [0.1, 0.15) is 30.5 Å². The summed E-state index contributed by atoms with van der Waals surface area (Å²) in [5, 5.41) is 0.730. The van der Waals surface area contributed by atoms with Gasteiger partial charge in [-0.15, -0.1) is 0 Å². The highest BCUT2D eigenvalue weighted by Crippen LogP contribution is 2.35. The number of benzene rings is 2. The second kappa shape index (κ2) is 8.65. The average Bonchev–Trinajstić information content (AvgIpc) is 2.93. The molecule has 1 saturated heterocycles. The molecular weight excluding hydrogens is 368 g/mol. The van der Waals surface area contributed by atoms with Crippen molar-refractivity contribution < 1.29 is 9.53 Å². The Kier molecular flexibility index (Phi) is 6.25. The molecule has 0 aliphatic carbocycles. The Morgan fingerprint density at radius 1 is 1.14 bits per heavy atom. The van der Waals surface area contributed by atoms with Crippen molar-refractivity contribution >= 4 is 34.6 Å². The van der Waals surface area contributed by atoms with E-state index in [0.717, 1.165) is 27.7 Å². The van der Waals surface area contributed by atoms with E-state index in [1.165, 1.54) is 17.3 Å². The molecule has 0 spiro atoms. The van der Waals surface area contributed by atoms with Crippen molar-refractivity contribution in [3.63, 3.8) is 0 Å². The zero-order valence-electron chi connectivity index (χ0n) is 17.0. The summed E-state index contributed by atoms with van der Waals surface area (Å²) in [7, 11) is 1.66. The summed E-state index contributed by atoms with van der Waals surface area (Å²) in [4.78, 5) is 20.3. The van der Waals surface area contributed by atoms with Gasteiger partial charge in [-0.05, 0) is 66.9 Å². The number of thioether (sulfide) groups is 1. The van der Waals surface area contributed by atoms with E-state index in [1.807, 2.05) is 62.4 Å². The highest BCUT2D eigenvalue weighted by Gasteiger charge is 2.33. The summed E-state index contributed by atoms with van der Waals surface area (Å²) in [6.45, 7) is 8.90. The number of nitrogens with zero attached hydrogens (tertiary/aromatic N) is 2. The predicted octanol–water partition coefficient (Wildman–Crippen LogP) is 5.57. The van der Waals surface area contributed by atoms with E-state index in [4.69, 9.17) is 9.73 Å². The van der Waals surface area contributed by atoms with Crippen molar-refractivity contribution in [1.29, 1.82) is 0 Å². The Morgan fingerprint density at radius 3 is 2.50 bits per heavy atom. The fraction of sp³-hybridized carbons (Fsp3) is 0.304. The monoisotopic (exact) mass is 394 g/mol. The van der Waals surface area contributed by atoms with Crippen molar-refractivity contribution in [1.82, 2.24) is 4.90 Å². The van der Waals surface area contributed by atoms with Gasteiger partial charge in [0, 0.05) is 6.54 Å². The van der Waals surface area contributed by atoms with Crippen LogP contribution < -0.4 is 4.74 Å². The molecular formula is C23H26N2O2S. The van der Waals surface area contributed by atoms with Crippen LogP contribution in [0.4, 0.5) is 5.69 Å². The van der Waals surface area contributed by atoms with Crippen LogP contribution in [-0.2, 0) is 4.79 Å². The quantitative estimate of drug-likeness (QED) is 0.622. The Labute approximate surface area is 171 Å². The smallest absolute Gasteiger partial charge is 0.266 e. The number of carbonyl (C=O) groups is 1. The lowest BCUT2D eigenvalue weighted by molar-refractivity contribution is -0.122. The second-order valence-corrected chi connectivity index (χ2v) is 8.39. The average molecular weight is 395 g/mol. The molecule has 1 fully saturated rings. The van der Waals surface area contributed by atoms with Gasteiger partial charge in [0.05, 0.1) is 17.7 Å². The molecule has 0 bridgehead atoms. The molecule has 5 heteroatoms. The van der Waals surface area contributed by atoms with Crippen LogP contribution in [0.3, 0.4) is 0 Å². The van der Waals surface area contributed by atoms with Crippen LogP contribution in [0.2, 0.25) is 0 Å². The maximum absolute atomic E-state index is 13.0. The number of methoxy groups -OCH3 is 1. The molecule has 0 atom stereocenters. The largest absolute Gasteiger partial charge is 0.496 e. The third-order valence-electron chi connectivity index (χ3n) is 4.42. The molecule has 1 amide bonds. The molecule has 0 N–H and O–H groups in total. The van der Waals surface area contributed by atoms with Gasteiger partial charge in [0.2, 0.25) is 0 Å². The molecule has 0 aromatic heterocycles. The van der Waals surface area contributed by atoms with Gasteiger partial charge in [0.25, 0.3) is 5.91 Å². The van der Waals surface area contributed by atoms with E-state index in [9.17, 15) is 4.79 Å². The third-order valence-corrected chi connectivity index (χ3v) is 5.43. The van der Waals surface area contributed by atoms with Gasteiger partial charge in [-0.25, -0.2) is 4.99 Å². The molecule has 146 valence electrons. The number of amidine groups is 1. The van der Waals surface area contributed by atoms with E-state index in [0.29, 0.717) is 17.4 Å². The van der Waals surface area contributed by atoms with Gasteiger partial charge >= 0.3 is 0 Å². The minimum atomic E-state index is 0.00380. The Bertz CT molecular complexity index is 930. The first kappa shape index (κ1) is 20.2. The van der Waals surface area contributed by atoms with Gasteiger partial charge in [-0.2, -0.15) is 0 Å². The first-order valence-corrected chi connectivity index (χ1v) is 10.2. The number of amides is 1. The summed E-state index contributed by atoms with van der Waals surface area (Å²) in [6.07, 6.45) is 1.92. The van der Waals surface area contributed by atoms with Crippen molar-refractivity contribution in [2.24, 2.45) is 10.9 Å². The zero-order chi connectivity index (χ0) is 20.3. The minimum absolute atomic E-state index is 0.00380. The maximum atomic E-state index is 13.0. The first-order chi connectivity index (χ1) is 13.4. The van der Waals surface area contributed by atoms with Gasteiger partial charge in [0.1, 0.15) is 5.75 Å². The van der Waals surface area contributed by atoms with E-state index >= 15 is 0 Å². The number of aliphatic imine (C=N–C) groups is 1. The fourth-order valence-electron chi connectivity index (χ4n) is 2.92. The van der Waals surface area contributed by atoms with Crippen molar-refractivity contribution in [3.8, 4) is 5.75 Å². The van der Waals surface area contributed by atoms with Gasteiger partial charge in [-0.1, -0.05) is 43.7 Å². The molecule has 0 unspecified atom stereocenters. The lowest BCUT2D eigenvalue weighted by Crippen LogP contribution is -2.32. The summed E-state index contributed by atoms with van der Waals surface area (Å²) >= 11 is 1.43. The molecule has 1 heterocycles. The van der Waals surface area contributed by atoms with E-state index in [1.54, 1.807) is 12.0 Å². The number of rotatable bonds is 5.